The van der Waals surface area contributed by atoms with E-state index in [-0.39, 0.29) is 12.5 Å². The van der Waals surface area contributed by atoms with E-state index in [1.807, 2.05) is 13.0 Å². The maximum atomic E-state index is 13.2. The maximum Gasteiger partial charge on any atom is 0.416 e. The lowest BCUT2D eigenvalue weighted by atomic mass is 9.95. The monoisotopic (exact) mass is 621 g/mol. The summed E-state index contributed by atoms with van der Waals surface area (Å²) >= 11 is 0. The highest BCUT2D eigenvalue weighted by Crippen LogP contribution is 2.36. The Morgan fingerprint density at radius 3 is 1.91 bits per heavy atom. The van der Waals surface area contributed by atoms with E-state index in [2.05, 4.69) is 53.1 Å². The molecule has 4 nitrogen and oxygen atoms in total. The molecule has 2 aromatic heterocycles. The fourth-order valence-corrected chi connectivity index (χ4v) is 4.40. The fraction of sp³-hybridized carbons (Fsp3) is 0.200. The number of Topliss-reactive ketones (excluding diaryl/α,β-unsaturated/α-hetero) is 1. The van der Waals surface area contributed by atoms with Crippen molar-refractivity contribution < 1.29 is 31.1 Å². The van der Waals surface area contributed by atoms with Gasteiger partial charge in [0.25, 0.3) is 0 Å². The highest BCUT2D eigenvalue weighted by molar-refractivity contribution is 5.98. The Hall–Kier alpha value is -4.86. The number of pyridine rings is 1. The van der Waals surface area contributed by atoms with E-state index >= 15 is 0 Å². The molecule has 0 N–H and O–H groups in total. The van der Waals surface area contributed by atoms with Crippen molar-refractivity contribution in [3.05, 3.63) is 148 Å². The standard InChI is InChI=1S/C27H19F6N3O.C8H10/c1-16-4-5-17(9-19(16)13-25-35-8-6-23(36-25)18-3-2-7-34-15-18)10-24(37)20-11-21(26(28,29)30)14-22(12-20)27(31,32)33;1-7-3-5-8(2)6-4-7/h2-9,11-12,14-15H,10,13H2,1H3;3-6H,1-2H3. The van der Waals surface area contributed by atoms with Crippen molar-refractivity contribution in [1.82, 2.24) is 15.0 Å². The number of carbonyl (C=O) groups is 1. The van der Waals surface area contributed by atoms with Crippen LogP contribution >= 0.6 is 0 Å². The van der Waals surface area contributed by atoms with Crippen molar-refractivity contribution in [1.29, 1.82) is 0 Å². The molecule has 5 rings (SSSR count). The molecule has 232 valence electrons. The number of carbonyl (C=O) groups excluding carboxylic acids is 1. The molecule has 3 aromatic carbocycles. The molecule has 45 heavy (non-hydrogen) atoms. The third-order valence-electron chi connectivity index (χ3n) is 6.92. The van der Waals surface area contributed by atoms with E-state index in [4.69, 9.17) is 0 Å². The zero-order valence-corrected chi connectivity index (χ0v) is 24.7. The van der Waals surface area contributed by atoms with Crippen molar-refractivity contribution in [3.8, 4) is 11.3 Å². The van der Waals surface area contributed by atoms with Crippen molar-refractivity contribution in [3.63, 3.8) is 0 Å². The van der Waals surface area contributed by atoms with Gasteiger partial charge in [-0.3, -0.25) is 9.78 Å². The summed E-state index contributed by atoms with van der Waals surface area (Å²) in [5.74, 6) is -0.359. The number of benzene rings is 3. The number of halogens is 6. The molecule has 0 aliphatic rings. The number of hydrogen-bond donors (Lipinski definition) is 0. The van der Waals surface area contributed by atoms with Crippen molar-refractivity contribution >= 4 is 5.78 Å². The van der Waals surface area contributed by atoms with Crippen LogP contribution < -0.4 is 0 Å². The number of ketones is 1. The lowest BCUT2D eigenvalue weighted by molar-refractivity contribution is -0.143. The smallest absolute Gasteiger partial charge is 0.294 e. The van der Waals surface area contributed by atoms with Crippen LogP contribution in [0.3, 0.4) is 0 Å². The van der Waals surface area contributed by atoms with Gasteiger partial charge in [0.1, 0.15) is 5.82 Å². The molecule has 0 aliphatic carbocycles. The average Bonchev–Trinajstić information content (AvgIpc) is 3.00. The second-order valence-corrected chi connectivity index (χ2v) is 10.6. The van der Waals surface area contributed by atoms with Gasteiger partial charge in [0.05, 0.1) is 16.8 Å². The van der Waals surface area contributed by atoms with Crippen molar-refractivity contribution in [2.45, 2.75) is 46.0 Å². The van der Waals surface area contributed by atoms with Crippen LogP contribution in [0.5, 0.6) is 0 Å². The molecule has 0 saturated carbocycles. The molecule has 0 bridgehead atoms. The Labute approximate surface area is 256 Å². The number of nitrogens with zero attached hydrogens (tertiary/aromatic N) is 3. The second-order valence-electron chi connectivity index (χ2n) is 10.6. The van der Waals surface area contributed by atoms with Crippen LogP contribution in [0.15, 0.2) is 97.5 Å². The number of rotatable bonds is 6. The first-order valence-corrected chi connectivity index (χ1v) is 13.9. The molecule has 0 atom stereocenters. The molecule has 0 radical (unpaired) electrons. The lowest BCUT2D eigenvalue weighted by Crippen LogP contribution is -2.14. The molecule has 0 unspecified atom stereocenters. The first-order valence-electron chi connectivity index (χ1n) is 13.9. The minimum absolute atomic E-state index is 0.000384. The zero-order valence-electron chi connectivity index (χ0n) is 24.7. The summed E-state index contributed by atoms with van der Waals surface area (Å²) in [5.41, 5.74) is 2.51. The van der Waals surface area contributed by atoms with E-state index in [1.165, 1.54) is 11.1 Å². The van der Waals surface area contributed by atoms with Gasteiger partial charge in [0, 0.05) is 42.6 Å². The normalized spacial score (nSPS) is 11.5. The number of alkyl halides is 6. The quantitative estimate of drug-likeness (QED) is 0.140. The van der Waals surface area contributed by atoms with Crippen molar-refractivity contribution in [2.24, 2.45) is 0 Å². The third-order valence-corrected chi connectivity index (χ3v) is 6.92. The molecular formula is C35H29F6N3O. The van der Waals surface area contributed by atoms with E-state index in [9.17, 15) is 31.1 Å². The van der Waals surface area contributed by atoms with Gasteiger partial charge in [0.2, 0.25) is 0 Å². The molecular weight excluding hydrogens is 592 g/mol. The number of aromatic nitrogens is 3. The number of aryl methyl sites for hydroxylation is 3. The van der Waals surface area contributed by atoms with E-state index in [1.54, 1.807) is 48.9 Å². The van der Waals surface area contributed by atoms with Gasteiger partial charge in [-0.05, 0) is 73.9 Å². The summed E-state index contributed by atoms with van der Waals surface area (Å²) in [6.45, 7) is 6.03. The Bertz CT molecular complexity index is 1710. The Kier molecular flexibility index (Phi) is 10.2. The zero-order chi connectivity index (χ0) is 32.8. The molecule has 2 heterocycles. The van der Waals surface area contributed by atoms with Crippen LogP contribution in [-0.2, 0) is 25.2 Å². The highest BCUT2D eigenvalue weighted by atomic mass is 19.4. The summed E-state index contributed by atoms with van der Waals surface area (Å²) in [6.07, 6.45) is -5.20. The van der Waals surface area contributed by atoms with E-state index in [0.717, 1.165) is 16.7 Å². The lowest BCUT2D eigenvalue weighted by Gasteiger charge is -2.14. The van der Waals surface area contributed by atoms with Gasteiger partial charge in [-0.15, -0.1) is 0 Å². The molecule has 0 amide bonds. The summed E-state index contributed by atoms with van der Waals surface area (Å²) in [6, 6.07) is 19.8. The third kappa shape index (κ3) is 9.31. The minimum atomic E-state index is -5.03. The van der Waals surface area contributed by atoms with Crippen LogP contribution in [0.2, 0.25) is 0 Å². The van der Waals surface area contributed by atoms with Gasteiger partial charge in [-0.2, -0.15) is 26.3 Å². The molecule has 0 fully saturated rings. The first-order chi connectivity index (χ1) is 21.2. The van der Waals surface area contributed by atoms with Crippen molar-refractivity contribution in [2.75, 3.05) is 0 Å². The molecule has 0 saturated heterocycles. The van der Waals surface area contributed by atoms with Crippen LogP contribution in [0, 0.1) is 20.8 Å². The highest BCUT2D eigenvalue weighted by Gasteiger charge is 2.37. The first kappa shape index (κ1) is 33.0. The second kappa shape index (κ2) is 13.8. The van der Waals surface area contributed by atoms with Crippen LogP contribution in [0.4, 0.5) is 26.3 Å². The molecule has 10 heteroatoms. The molecule has 5 aromatic rings. The van der Waals surface area contributed by atoms with Gasteiger partial charge < -0.3 is 0 Å². The van der Waals surface area contributed by atoms with Crippen LogP contribution in [0.1, 0.15) is 55.1 Å². The van der Waals surface area contributed by atoms with E-state index < -0.39 is 34.8 Å². The SMILES string of the molecule is Cc1ccc(C)cc1.Cc1ccc(CC(=O)c2cc(C(F)(F)F)cc(C(F)(F)F)c2)cc1Cc1nccc(-c2cccnc2)n1. The predicted octanol–water partition coefficient (Wildman–Crippen LogP) is 9.20. The number of hydrogen-bond acceptors (Lipinski definition) is 4. The average molecular weight is 622 g/mol. The largest absolute Gasteiger partial charge is 0.416 e. The van der Waals surface area contributed by atoms with Crippen LogP contribution in [-0.4, -0.2) is 20.7 Å². The van der Waals surface area contributed by atoms with Gasteiger partial charge in [0.15, 0.2) is 5.78 Å². The summed E-state index contributed by atoms with van der Waals surface area (Å²) in [4.78, 5) is 25.7. The summed E-state index contributed by atoms with van der Waals surface area (Å²) in [5, 5.41) is 0. The van der Waals surface area contributed by atoms with Crippen LogP contribution in [0.25, 0.3) is 11.3 Å². The van der Waals surface area contributed by atoms with Gasteiger partial charge in [-0.25, -0.2) is 9.97 Å². The Morgan fingerprint density at radius 1 is 0.733 bits per heavy atom. The summed E-state index contributed by atoms with van der Waals surface area (Å²) < 4.78 is 79.0. The minimum Gasteiger partial charge on any atom is -0.294 e. The maximum absolute atomic E-state index is 13.2. The van der Waals surface area contributed by atoms with Gasteiger partial charge >= 0.3 is 12.4 Å². The Morgan fingerprint density at radius 2 is 1.36 bits per heavy atom. The predicted molar refractivity (Wildman–Crippen MR) is 160 cm³/mol. The molecule has 0 spiro atoms. The van der Waals surface area contributed by atoms with E-state index in [0.29, 0.717) is 35.6 Å². The summed E-state index contributed by atoms with van der Waals surface area (Å²) in [7, 11) is 0. The Balaban J connectivity index is 0.000000501. The van der Waals surface area contributed by atoms with Gasteiger partial charge in [-0.1, -0.05) is 53.6 Å². The fourth-order valence-electron chi connectivity index (χ4n) is 4.40. The topological polar surface area (TPSA) is 55.7 Å². The molecule has 0 aliphatic heterocycles.